The molecule has 21 heavy (non-hydrogen) atoms. The van der Waals surface area contributed by atoms with Crippen LogP contribution in [0.1, 0.15) is 28.4 Å². The van der Waals surface area contributed by atoms with Gasteiger partial charge in [-0.05, 0) is 19.9 Å². The van der Waals surface area contributed by atoms with Crippen molar-refractivity contribution >= 4 is 38.6 Å². The fourth-order valence-corrected chi connectivity index (χ4v) is 4.35. The van der Waals surface area contributed by atoms with E-state index in [1.165, 1.54) is 17.4 Å². The number of sulfonamides is 1. The zero-order valence-electron chi connectivity index (χ0n) is 11.5. The van der Waals surface area contributed by atoms with Crippen LogP contribution < -0.4 is 10.5 Å². The molecule has 8 heteroatoms. The zero-order chi connectivity index (χ0) is 15.6. The second-order valence-electron chi connectivity index (χ2n) is 4.51. The third-order valence-corrected chi connectivity index (χ3v) is 5.70. The summed E-state index contributed by atoms with van der Waals surface area (Å²) in [6, 6.07) is 5.98. The Morgan fingerprint density at radius 3 is 2.67 bits per heavy atom. The molecular weight excluding hydrogens is 326 g/mol. The molecule has 1 unspecified atom stereocenters. The summed E-state index contributed by atoms with van der Waals surface area (Å²) in [5.41, 5.74) is 5.92. The van der Waals surface area contributed by atoms with Crippen LogP contribution >= 0.6 is 23.6 Å². The van der Waals surface area contributed by atoms with Gasteiger partial charge in [-0.25, -0.2) is 18.1 Å². The number of aryl methyl sites for hydroxylation is 1. The molecule has 2 aromatic rings. The van der Waals surface area contributed by atoms with Gasteiger partial charge in [-0.15, -0.1) is 11.3 Å². The van der Waals surface area contributed by atoms with E-state index >= 15 is 0 Å². The average molecular weight is 341 g/mol. The predicted molar refractivity (Wildman–Crippen MR) is 87.9 cm³/mol. The third kappa shape index (κ3) is 3.65. The summed E-state index contributed by atoms with van der Waals surface area (Å²) in [5.74, 6) is 0. The SMILES string of the molecule is Cc1cnc(C(C)NS(=O)(=O)c2ccccc2C(N)=S)s1. The molecule has 0 fully saturated rings. The van der Waals surface area contributed by atoms with Gasteiger partial charge in [0.15, 0.2) is 0 Å². The Bertz CT molecular complexity index is 768. The topological polar surface area (TPSA) is 85.1 Å². The van der Waals surface area contributed by atoms with Crippen molar-refractivity contribution in [1.82, 2.24) is 9.71 Å². The Balaban J connectivity index is 2.33. The summed E-state index contributed by atoms with van der Waals surface area (Å²) < 4.78 is 27.6. The standard InChI is InChI=1S/C13H15N3O2S3/c1-8-7-15-13(20-8)9(2)16-21(17,18)11-6-4-3-5-10(11)12(14)19/h3-7,9,16H,1-2H3,(H2,14,19). The number of thiazole rings is 1. The van der Waals surface area contributed by atoms with Gasteiger partial charge in [0.05, 0.1) is 10.9 Å². The summed E-state index contributed by atoms with van der Waals surface area (Å²) in [6.45, 7) is 3.67. The van der Waals surface area contributed by atoms with Crippen molar-refractivity contribution in [3.05, 3.63) is 45.9 Å². The van der Waals surface area contributed by atoms with Gasteiger partial charge in [0.2, 0.25) is 10.0 Å². The number of nitrogens with zero attached hydrogens (tertiary/aromatic N) is 1. The lowest BCUT2D eigenvalue weighted by Gasteiger charge is -2.14. The Labute approximate surface area is 133 Å². The van der Waals surface area contributed by atoms with E-state index in [-0.39, 0.29) is 9.88 Å². The lowest BCUT2D eigenvalue weighted by atomic mass is 10.2. The van der Waals surface area contributed by atoms with Crippen LogP contribution in [0, 0.1) is 6.92 Å². The molecule has 0 saturated heterocycles. The van der Waals surface area contributed by atoms with Gasteiger partial charge in [0, 0.05) is 16.6 Å². The number of aromatic nitrogens is 1. The van der Waals surface area contributed by atoms with E-state index in [0.29, 0.717) is 10.6 Å². The molecule has 112 valence electrons. The number of rotatable bonds is 5. The fraction of sp³-hybridized carbons (Fsp3) is 0.231. The Morgan fingerprint density at radius 1 is 1.43 bits per heavy atom. The first-order chi connectivity index (χ1) is 9.81. The predicted octanol–water partition coefficient (Wildman–Crippen LogP) is 2.13. The molecule has 0 amide bonds. The molecule has 1 heterocycles. The minimum absolute atomic E-state index is 0.0497. The highest BCUT2D eigenvalue weighted by Gasteiger charge is 2.23. The van der Waals surface area contributed by atoms with Crippen LogP contribution in [-0.2, 0) is 10.0 Å². The summed E-state index contributed by atoms with van der Waals surface area (Å²) in [6.07, 6.45) is 1.72. The average Bonchev–Trinajstić information content (AvgIpc) is 2.85. The van der Waals surface area contributed by atoms with Gasteiger partial charge < -0.3 is 5.73 Å². The van der Waals surface area contributed by atoms with E-state index < -0.39 is 16.1 Å². The Kier molecular flexibility index (Phi) is 4.72. The number of hydrogen-bond acceptors (Lipinski definition) is 5. The molecule has 5 nitrogen and oxygen atoms in total. The van der Waals surface area contributed by atoms with E-state index in [1.807, 2.05) is 6.92 Å². The van der Waals surface area contributed by atoms with Crippen molar-refractivity contribution in [2.45, 2.75) is 24.8 Å². The molecule has 0 aliphatic rings. The molecule has 1 aromatic carbocycles. The van der Waals surface area contributed by atoms with Crippen LogP contribution in [0.25, 0.3) is 0 Å². The number of thiocarbonyl (C=S) groups is 1. The van der Waals surface area contributed by atoms with E-state index in [0.717, 1.165) is 4.88 Å². The summed E-state index contributed by atoms with van der Waals surface area (Å²) >= 11 is 6.36. The molecule has 3 N–H and O–H groups in total. The molecule has 0 saturated carbocycles. The van der Waals surface area contributed by atoms with Crippen molar-refractivity contribution in [1.29, 1.82) is 0 Å². The number of hydrogen-bond donors (Lipinski definition) is 2. The number of nitrogens with two attached hydrogens (primary N) is 1. The third-order valence-electron chi connectivity index (χ3n) is 2.78. The largest absolute Gasteiger partial charge is 0.389 e. The number of nitrogens with one attached hydrogen (secondary N) is 1. The second kappa shape index (κ2) is 6.18. The highest BCUT2D eigenvalue weighted by atomic mass is 32.2. The Morgan fingerprint density at radius 2 is 2.10 bits per heavy atom. The first kappa shape index (κ1) is 16.0. The monoisotopic (exact) mass is 341 g/mol. The maximum absolute atomic E-state index is 12.5. The molecule has 1 atom stereocenters. The van der Waals surface area contributed by atoms with Crippen LogP contribution in [0.15, 0.2) is 35.4 Å². The second-order valence-corrected chi connectivity index (χ2v) is 7.90. The molecule has 0 bridgehead atoms. The lowest BCUT2D eigenvalue weighted by Crippen LogP contribution is -2.29. The number of benzene rings is 1. The Hall–Kier alpha value is -1.35. The van der Waals surface area contributed by atoms with Crippen LogP contribution in [0.3, 0.4) is 0 Å². The summed E-state index contributed by atoms with van der Waals surface area (Å²) in [4.78, 5) is 5.35. The van der Waals surface area contributed by atoms with Gasteiger partial charge in [-0.3, -0.25) is 0 Å². The zero-order valence-corrected chi connectivity index (χ0v) is 14.0. The van der Waals surface area contributed by atoms with E-state index in [4.69, 9.17) is 18.0 Å². The van der Waals surface area contributed by atoms with Crippen molar-refractivity contribution in [3.63, 3.8) is 0 Å². The molecule has 2 rings (SSSR count). The maximum atomic E-state index is 12.5. The molecule has 1 aromatic heterocycles. The molecule has 0 spiro atoms. The highest BCUT2D eigenvalue weighted by Crippen LogP contribution is 2.22. The van der Waals surface area contributed by atoms with Crippen LogP contribution in [-0.4, -0.2) is 18.4 Å². The van der Waals surface area contributed by atoms with E-state index in [9.17, 15) is 8.42 Å². The fourth-order valence-electron chi connectivity index (χ4n) is 1.82. The van der Waals surface area contributed by atoms with Crippen molar-refractivity contribution in [3.8, 4) is 0 Å². The summed E-state index contributed by atoms with van der Waals surface area (Å²) in [7, 11) is -3.72. The van der Waals surface area contributed by atoms with Gasteiger partial charge in [0.1, 0.15) is 10.00 Å². The van der Waals surface area contributed by atoms with Gasteiger partial charge >= 0.3 is 0 Å². The molecule has 0 aliphatic carbocycles. The maximum Gasteiger partial charge on any atom is 0.241 e. The lowest BCUT2D eigenvalue weighted by molar-refractivity contribution is 0.566. The first-order valence-corrected chi connectivity index (χ1v) is 8.85. The highest BCUT2D eigenvalue weighted by molar-refractivity contribution is 7.89. The van der Waals surface area contributed by atoms with Gasteiger partial charge in [-0.2, -0.15) is 0 Å². The smallest absolute Gasteiger partial charge is 0.241 e. The minimum Gasteiger partial charge on any atom is -0.389 e. The van der Waals surface area contributed by atoms with Crippen LogP contribution in [0.5, 0.6) is 0 Å². The summed E-state index contributed by atoms with van der Waals surface area (Å²) in [5, 5.41) is 0.712. The van der Waals surface area contributed by atoms with Crippen LogP contribution in [0.4, 0.5) is 0 Å². The van der Waals surface area contributed by atoms with Crippen molar-refractivity contribution in [2.24, 2.45) is 5.73 Å². The van der Waals surface area contributed by atoms with Crippen molar-refractivity contribution < 1.29 is 8.42 Å². The van der Waals surface area contributed by atoms with Gasteiger partial charge in [-0.1, -0.05) is 30.4 Å². The molecule has 0 radical (unpaired) electrons. The molecular formula is C13H15N3O2S3. The van der Waals surface area contributed by atoms with Crippen LogP contribution in [0.2, 0.25) is 0 Å². The van der Waals surface area contributed by atoms with Gasteiger partial charge in [0.25, 0.3) is 0 Å². The first-order valence-electron chi connectivity index (χ1n) is 6.15. The van der Waals surface area contributed by atoms with Crippen molar-refractivity contribution in [2.75, 3.05) is 0 Å². The van der Waals surface area contributed by atoms with E-state index in [2.05, 4.69) is 9.71 Å². The molecule has 0 aliphatic heterocycles. The quantitative estimate of drug-likeness (QED) is 0.814. The minimum atomic E-state index is -3.72. The normalized spacial score (nSPS) is 13.0. The van der Waals surface area contributed by atoms with E-state index in [1.54, 1.807) is 31.3 Å².